The Hall–Kier alpha value is -2.77. The maximum atomic E-state index is 12.0. The lowest BCUT2D eigenvalue weighted by Gasteiger charge is -2.19. The second-order valence-corrected chi connectivity index (χ2v) is 8.74. The van der Waals surface area contributed by atoms with E-state index in [1.807, 2.05) is 47.1 Å². The van der Waals surface area contributed by atoms with Crippen molar-refractivity contribution in [3.8, 4) is 16.9 Å². The van der Waals surface area contributed by atoms with E-state index in [9.17, 15) is 4.79 Å². The highest BCUT2D eigenvalue weighted by molar-refractivity contribution is 7.92. The maximum absolute atomic E-state index is 12.0. The van der Waals surface area contributed by atoms with Crippen LogP contribution in [0.25, 0.3) is 16.9 Å². The van der Waals surface area contributed by atoms with Gasteiger partial charge >= 0.3 is 0 Å². The second-order valence-electron chi connectivity index (χ2n) is 6.66. The molecule has 1 atom stereocenters. The van der Waals surface area contributed by atoms with Crippen LogP contribution in [0.15, 0.2) is 47.4 Å². The molecule has 0 spiro atoms. The molecule has 2 aromatic carbocycles. The molecule has 1 aromatic heterocycles. The zero-order valence-corrected chi connectivity index (χ0v) is 16.8. The van der Waals surface area contributed by atoms with Crippen molar-refractivity contribution in [1.29, 1.82) is 0 Å². The molecule has 0 fully saturated rings. The number of fused-ring (bicyclic) bond motifs is 3. The van der Waals surface area contributed by atoms with Crippen LogP contribution >= 0.6 is 0 Å². The van der Waals surface area contributed by atoms with Gasteiger partial charge in [-0.1, -0.05) is 6.07 Å². The fourth-order valence-corrected chi connectivity index (χ4v) is 4.96. The monoisotopic (exact) mass is 395 g/mol. The van der Waals surface area contributed by atoms with E-state index in [1.165, 1.54) is 5.56 Å². The van der Waals surface area contributed by atoms with Gasteiger partial charge in [-0.05, 0) is 61.7 Å². The highest BCUT2D eigenvalue weighted by atomic mass is 32.2. The molecular weight excluding hydrogens is 372 g/mol. The number of aromatic nitrogens is 2. The Balaban J connectivity index is 1.88. The predicted octanol–water partition coefficient (Wildman–Crippen LogP) is 2.88. The number of aryl methyl sites for hydroxylation is 1. The number of carbonyl (C=O) groups excluding carboxylic acids is 1. The van der Waals surface area contributed by atoms with Crippen molar-refractivity contribution >= 4 is 22.8 Å². The third kappa shape index (κ3) is 3.06. The van der Waals surface area contributed by atoms with Crippen LogP contribution < -0.4 is 11.5 Å². The summed E-state index contributed by atoms with van der Waals surface area (Å²) in [6.07, 6.45) is 1.56. The molecular formula is C21H23N4O2S+. The maximum Gasteiger partial charge on any atom is 0.269 e. The highest BCUT2D eigenvalue weighted by Gasteiger charge is 2.28. The van der Waals surface area contributed by atoms with E-state index in [-0.39, 0.29) is 11.2 Å². The highest BCUT2D eigenvalue weighted by Crippen LogP contribution is 2.38. The summed E-state index contributed by atoms with van der Waals surface area (Å²) in [6.45, 7) is 2.10. The number of benzene rings is 2. The number of anilines is 1. The van der Waals surface area contributed by atoms with Gasteiger partial charge in [-0.3, -0.25) is 4.79 Å². The third-order valence-corrected chi connectivity index (χ3v) is 6.78. The Morgan fingerprint density at radius 3 is 2.61 bits per heavy atom. The van der Waals surface area contributed by atoms with E-state index >= 15 is 0 Å². The fraction of sp³-hybridized carbons (Fsp3) is 0.238. The van der Waals surface area contributed by atoms with Crippen LogP contribution in [0.2, 0.25) is 0 Å². The number of nitrogen functional groups attached to an aromatic ring is 1. The lowest BCUT2D eigenvalue weighted by Crippen LogP contribution is -2.15. The van der Waals surface area contributed by atoms with Crippen molar-refractivity contribution in [2.24, 2.45) is 5.73 Å². The minimum atomic E-state index is -0.508. The summed E-state index contributed by atoms with van der Waals surface area (Å²) >= 11 is -0.230. The molecule has 1 unspecified atom stereocenters. The molecule has 6 nitrogen and oxygen atoms in total. The van der Waals surface area contributed by atoms with Crippen LogP contribution in [0.3, 0.4) is 0 Å². The molecule has 144 valence electrons. The molecule has 4 rings (SSSR count). The number of amides is 1. The van der Waals surface area contributed by atoms with E-state index in [4.69, 9.17) is 15.7 Å². The van der Waals surface area contributed by atoms with Gasteiger partial charge in [0, 0.05) is 16.8 Å². The van der Waals surface area contributed by atoms with Crippen molar-refractivity contribution < 1.29 is 8.98 Å². The molecule has 0 radical (unpaired) electrons. The molecule has 0 saturated heterocycles. The second kappa shape index (κ2) is 7.33. The first-order valence-electron chi connectivity index (χ1n) is 9.19. The van der Waals surface area contributed by atoms with Crippen molar-refractivity contribution in [3.05, 3.63) is 59.3 Å². The molecule has 1 aliphatic carbocycles. The average molecular weight is 396 g/mol. The van der Waals surface area contributed by atoms with Gasteiger partial charge in [0.05, 0.1) is 18.5 Å². The first kappa shape index (κ1) is 18.6. The summed E-state index contributed by atoms with van der Waals surface area (Å²) in [4.78, 5) is 13.2. The number of hydrogen-bond donors (Lipinski definition) is 2. The molecule has 1 aliphatic rings. The van der Waals surface area contributed by atoms with Crippen LogP contribution in [-0.4, -0.2) is 28.6 Å². The summed E-state index contributed by atoms with van der Waals surface area (Å²) in [7, 11) is 1.73. The molecule has 1 heterocycles. The minimum absolute atomic E-state index is 0.230. The van der Waals surface area contributed by atoms with Gasteiger partial charge in [0.2, 0.25) is 0 Å². The molecule has 4 N–H and O–H groups in total. The van der Waals surface area contributed by atoms with E-state index in [2.05, 4.69) is 12.0 Å². The Morgan fingerprint density at radius 2 is 1.96 bits per heavy atom. The molecule has 1 amide bonds. The molecule has 3 aromatic rings. The van der Waals surface area contributed by atoms with Gasteiger partial charge in [0.1, 0.15) is 5.75 Å². The van der Waals surface area contributed by atoms with E-state index in [0.717, 1.165) is 46.0 Å². The molecule has 0 bridgehead atoms. The summed E-state index contributed by atoms with van der Waals surface area (Å²) in [6, 6.07) is 14.0. The zero-order valence-electron chi connectivity index (χ0n) is 15.9. The molecule has 7 heteroatoms. The van der Waals surface area contributed by atoms with Crippen LogP contribution in [0, 0.1) is 0 Å². The molecule has 0 saturated carbocycles. The first-order chi connectivity index (χ1) is 13.5. The van der Waals surface area contributed by atoms with Crippen LogP contribution in [0.1, 0.15) is 28.5 Å². The molecule has 0 aliphatic heterocycles. The van der Waals surface area contributed by atoms with Crippen molar-refractivity contribution in [3.63, 3.8) is 0 Å². The fourth-order valence-electron chi connectivity index (χ4n) is 3.76. The number of carbonyl (C=O) groups is 1. The zero-order chi connectivity index (χ0) is 19.8. The average Bonchev–Trinajstić information content (AvgIpc) is 3.10. The summed E-state index contributed by atoms with van der Waals surface area (Å²) in [5.41, 5.74) is 17.5. The Kier molecular flexibility index (Phi) is 4.87. The Bertz CT molecular complexity index is 1040. The van der Waals surface area contributed by atoms with E-state index in [1.54, 1.807) is 7.11 Å². The normalized spacial score (nSPS) is 13.6. The minimum Gasteiger partial charge on any atom is -0.399 e. The summed E-state index contributed by atoms with van der Waals surface area (Å²) in [5, 5.41) is 4.58. The summed E-state index contributed by atoms with van der Waals surface area (Å²) in [5.74, 6) is 0.414. The number of nitrogens with zero attached hydrogens (tertiary/aromatic N) is 2. The standard InChI is InChI=1S/C21H22N4O2S/c1-3-28(27-2)16-9-7-15(8-10-16)25-20-17(19(24-25)21(23)26)11-5-13-4-6-14(22)12-18(13)20/h4,6-10,12H,3,5,11,22H2,1-2H3,(H-,23,26)/p+1. The largest absolute Gasteiger partial charge is 0.399 e. The number of nitrogens with two attached hydrogens (primary N) is 2. The predicted molar refractivity (Wildman–Crippen MR) is 113 cm³/mol. The van der Waals surface area contributed by atoms with E-state index in [0.29, 0.717) is 11.4 Å². The van der Waals surface area contributed by atoms with Gasteiger partial charge < -0.3 is 11.5 Å². The lowest BCUT2D eigenvalue weighted by molar-refractivity contribution is 0.0994. The SMILES string of the molecule is CC[S+](OC)c1ccc(-n2nc(C(N)=O)c3c2-c2cc(N)ccc2CC3)cc1. The van der Waals surface area contributed by atoms with Gasteiger partial charge in [-0.2, -0.15) is 9.28 Å². The quantitative estimate of drug-likeness (QED) is 0.513. The van der Waals surface area contributed by atoms with Gasteiger partial charge in [-0.15, -0.1) is 0 Å². The Labute approximate surface area is 167 Å². The van der Waals surface area contributed by atoms with Crippen molar-refractivity contribution in [1.82, 2.24) is 9.78 Å². The van der Waals surface area contributed by atoms with Crippen molar-refractivity contribution in [2.75, 3.05) is 18.6 Å². The summed E-state index contributed by atoms with van der Waals surface area (Å²) < 4.78 is 7.36. The Morgan fingerprint density at radius 1 is 1.21 bits per heavy atom. The number of rotatable bonds is 5. The van der Waals surface area contributed by atoms with E-state index < -0.39 is 5.91 Å². The first-order valence-corrected chi connectivity index (χ1v) is 10.5. The smallest absolute Gasteiger partial charge is 0.269 e. The van der Waals surface area contributed by atoms with Crippen molar-refractivity contribution in [2.45, 2.75) is 24.7 Å². The van der Waals surface area contributed by atoms with Gasteiger partial charge in [0.25, 0.3) is 5.91 Å². The van der Waals surface area contributed by atoms with Gasteiger partial charge in [0.15, 0.2) is 21.8 Å². The van der Waals surface area contributed by atoms with Crippen LogP contribution in [0.5, 0.6) is 0 Å². The molecule has 28 heavy (non-hydrogen) atoms. The number of primary amides is 1. The third-order valence-electron chi connectivity index (χ3n) is 5.06. The van der Waals surface area contributed by atoms with Crippen LogP contribution in [0.4, 0.5) is 5.69 Å². The lowest BCUT2D eigenvalue weighted by atomic mass is 9.88. The van der Waals surface area contributed by atoms with Gasteiger partial charge in [-0.25, -0.2) is 4.68 Å². The number of hydrogen-bond acceptors (Lipinski definition) is 4. The van der Waals surface area contributed by atoms with Crippen LogP contribution in [-0.2, 0) is 28.2 Å². The topological polar surface area (TPSA) is 96.2 Å².